The molecule has 0 radical (unpaired) electrons. The molecule has 1 heterocycles. The third kappa shape index (κ3) is 4.47. The van der Waals surface area contributed by atoms with Crippen LogP contribution in [0.3, 0.4) is 0 Å². The maximum absolute atomic E-state index is 12.0. The van der Waals surface area contributed by atoms with Crippen LogP contribution in [-0.4, -0.2) is 41.7 Å². The Labute approximate surface area is 124 Å². The lowest BCUT2D eigenvalue weighted by Crippen LogP contribution is -2.46. The van der Waals surface area contributed by atoms with Crippen molar-refractivity contribution < 1.29 is 9.90 Å². The fraction of sp³-hybridized carbons (Fsp3) is 0.533. The molecule has 1 atom stereocenters. The van der Waals surface area contributed by atoms with Gasteiger partial charge in [-0.15, -0.1) is 0 Å². The summed E-state index contributed by atoms with van der Waals surface area (Å²) in [5.41, 5.74) is 0.989. The number of rotatable bonds is 5. The molecule has 0 bridgehead atoms. The van der Waals surface area contributed by atoms with E-state index < -0.39 is 0 Å². The monoisotopic (exact) mass is 296 g/mol. The number of carbonyl (C=O) groups is 1. The lowest BCUT2D eigenvalue weighted by atomic mass is 10.0. The van der Waals surface area contributed by atoms with E-state index in [9.17, 15) is 9.90 Å². The second-order valence-electron chi connectivity index (χ2n) is 5.21. The van der Waals surface area contributed by atoms with Crippen molar-refractivity contribution in [2.24, 2.45) is 0 Å². The van der Waals surface area contributed by atoms with Gasteiger partial charge in [0.2, 0.25) is 5.91 Å². The number of benzene rings is 1. The lowest BCUT2D eigenvalue weighted by molar-refractivity contribution is -0.123. The van der Waals surface area contributed by atoms with Crippen molar-refractivity contribution in [1.29, 1.82) is 0 Å². The summed E-state index contributed by atoms with van der Waals surface area (Å²) in [5.74, 6) is -0.00896. The van der Waals surface area contributed by atoms with E-state index in [0.29, 0.717) is 18.1 Å². The van der Waals surface area contributed by atoms with Crippen molar-refractivity contribution in [3.05, 3.63) is 34.9 Å². The predicted molar refractivity (Wildman–Crippen MR) is 79.6 cm³/mol. The quantitative estimate of drug-likeness (QED) is 0.871. The van der Waals surface area contributed by atoms with Crippen molar-refractivity contribution in [2.45, 2.75) is 31.8 Å². The van der Waals surface area contributed by atoms with Gasteiger partial charge in [0.1, 0.15) is 0 Å². The Balaban J connectivity index is 1.80. The largest absolute Gasteiger partial charge is 0.395 e. The van der Waals surface area contributed by atoms with E-state index in [1.54, 1.807) is 0 Å². The maximum Gasteiger partial charge on any atom is 0.234 e. The maximum atomic E-state index is 12.0. The molecular formula is C15H21ClN2O2. The van der Waals surface area contributed by atoms with Gasteiger partial charge in [-0.1, -0.05) is 30.2 Å². The molecule has 1 amide bonds. The van der Waals surface area contributed by atoms with Crippen LogP contribution in [0, 0.1) is 0 Å². The van der Waals surface area contributed by atoms with Gasteiger partial charge in [0.15, 0.2) is 0 Å². The number of aliphatic hydroxyl groups is 1. The van der Waals surface area contributed by atoms with E-state index in [1.165, 1.54) is 0 Å². The third-order valence-corrected chi connectivity index (χ3v) is 3.92. The standard InChI is InChI=1S/C15H21ClN2O2/c16-13-5-3-4-12(8-13)9-17-15(20)10-18-7-2-1-6-14(18)11-19/h3-5,8,14,19H,1-2,6-7,9-11H2,(H,17,20). The minimum absolute atomic E-state index is 0.00896. The van der Waals surface area contributed by atoms with Gasteiger partial charge in [0, 0.05) is 17.6 Å². The van der Waals surface area contributed by atoms with Gasteiger partial charge in [-0.3, -0.25) is 9.69 Å². The number of piperidine rings is 1. The predicted octanol–water partition coefficient (Wildman–Crippen LogP) is 1.80. The molecule has 4 nitrogen and oxygen atoms in total. The molecule has 2 rings (SSSR count). The molecule has 0 aromatic heterocycles. The summed E-state index contributed by atoms with van der Waals surface area (Å²) in [6, 6.07) is 7.59. The average Bonchev–Trinajstić information content (AvgIpc) is 2.46. The summed E-state index contributed by atoms with van der Waals surface area (Å²) in [5, 5.41) is 12.9. The van der Waals surface area contributed by atoms with E-state index >= 15 is 0 Å². The Bertz CT molecular complexity index is 453. The second-order valence-corrected chi connectivity index (χ2v) is 5.65. The summed E-state index contributed by atoms with van der Waals surface area (Å²) in [6.45, 7) is 1.85. The van der Waals surface area contributed by atoms with Crippen LogP contribution < -0.4 is 5.32 Å². The van der Waals surface area contributed by atoms with E-state index in [-0.39, 0.29) is 18.6 Å². The number of halogens is 1. The molecule has 0 saturated carbocycles. The second kappa shape index (κ2) is 7.62. The summed E-state index contributed by atoms with van der Waals surface area (Å²) < 4.78 is 0. The van der Waals surface area contributed by atoms with Crippen LogP contribution in [0.1, 0.15) is 24.8 Å². The van der Waals surface area contributed by atoms with Crippen LogP contribution in [0.25, 0.3) is 0 Å². The number of aliphatic hydroxyl groups excluding tert-OH is 1. The summed E-state index contributed by atoms with van der Waals surface area (Å²) >= 11 is 5.90. The van der Waals surface area contributed by atoms with Gasteiger partial charge < -0.3 is 10.4 Å². The Morgan fingerprint density at radius 1 is 1.45 bits per heavy atom. The number of hydrogen-bond acceptors (Lipinski definition) is 3. The molecule has 5 heteroatoms. The summed E-state index contributed by atoms with van der Waals surface area (Å²) in [7, 11) is 0. The van der Waals surface area contributed by atoms with E-state index in [2.05, 4.69) is 10.2 Å². The molecule has 1 unspecified atom stereocenters. The molecule has 2 N–H and O–H groups in total. The highest BCUT2D eigenvalue weighted by Gasteiger charge is 2.23. The molecule has 20 heavy (non-hydrogen) atoms. The highest BCUT2D eigenvalue weighted by molar-refractivity contribution is 6.30. The molecule has 0 spiro atoms. The molecular weight excluding hydrogens is 276 g/mol. The highest BCUT2D eigenvalue weighted by atomic mass is 35.5. The van der Waals surface area contributed by atoms with Gasteiger partial charge in [-0.2, -0.15) is 0 Å². The van der Waals surface area contributed by atoms with E-state index in [1.807, 2.05) is 24.3 Å². The fourth-order valence-electron chi connectivity index (χ4n) is 2.56. The zero-order valence-corrected chi connectivity index (χ0v) is 12.3. The summed E-state index contributed by atoms with van der Waals surface area (Å²) in [6.07, 6.45) is 3.20. The zero-order valence-electron chi connectivity index (χ0n) is 11.5. The Morgan fingerprint density at radius 2 is 2.30 bits per heavy atom. The lowest BCUT2D eigenvalue weighted by Gasteiger charge is -2.33. The van der Waals surface area contributed by atoms with Crippen LogP contribution in [-0.2, 0) is 11.3 Å². The first kappa shape index (κ1) is 15.3. The SMILES string of the molecule is O=C(CN1CCCCC1CO)NCc1cccc(Cl)c1. The first-order valence-electron chi connectivity index (χ1n) is 7.05. The topological polar surface area (TPSA) is 52.6 Å². The molecule has 1 aromatic rings. The molecule has 1 saturated heterocycles. The van der Waals surface area contributed by atoms with Crippen LogP contribution in [0.4, 0.5) is 0 Å². The van der Waals surface area contributed by atoms with Crippen LogP contribution in [0.15, 0.2) is 24.3 Å². The Kier molecular flexibility index (Phi) is 5.83. The minimum atomic E-state index is -0.00896. The normalized spacial score (nSPS) is 19.8. The van der Waals surface area contributed by atoms with Gasteiger partial charge in [0.05, 0.1) is 13.2 Å². The van der Waals surface area contributed by atoms with E-state index in [4.69, 9.17) is 11.6 Å². The number of likely N-dealkylation sites (tertiary alicyclic amines) is 1. The zero-order chi connectivity index (χ0) is 14.4. The highest BCUT2D eigenvalue weighted by Crippen LogP contribution is 2.16. The number of nitrogens with zero attached hydrogens (tertiary/aromatic N) is 1. The molecule has 1 aromatic carbocycles. The first-order chi connectivity index (χ1) is 9.69. The minimum Gasteiger partial charge on any atom is -0.395 e. The molecule has 110 valence electrons. The van der Waals surface area contributed by atoms with Crippen molar-refractivity contribution in [1.82, 2.24) is 10.2 Å². The first-order valence-corrected chi connectivity index (χ1v) is 7.43. The van der Waals surface area contributed by atoms with Crippen molar-refractivity contribution in [3.63, 3.8) is 0 Å². The van der Waals surface area contributed by atoms with Crippen LogP contribution >= 0.6 is 11.6 Å². The molecule has 1 aliphatic heterocycles. The average molecular weight is 297 g/mol. The van der Waals surface area contributed by atoms with Crippen molar-refractivity contribution in [3.8, 4) is 0 Å². The van der Waals surface area contributed by atoms with Crippen LogP contribution in [0.2, 0.25) is 5.02 Å². The van der Waals surface area contributed by atoms with Gasteiger partial charge in [-0.25, -0.2) is 0 Å². The van der Waals surface area contributed by atoms with Gasteiger partial charge >= 0.3 is 0 Å². The van der Waals surface area contributed by atoms with Crippen molar-refractivity contribution >= 4 is 17.5 Å². The summed E-state index contributed by atoms with van der Waals surface area (Å²) in [4.78, 5) is 14.0. The van der Waals surface area contributed by atoms with Gasteiger partial charge in [-0.05, 0) is 37.1 Å². The Hall–Kier alpha value is -1.10. The fourth-order valence-corrected chi connectivity index (χ4v) is 2.78. The van der Waals surface area contributed by atoms with E-state index in [0.717, 1.165) is 31.4 Å². The van der Waals surface area contributed by atoms with Gasteiger partial charge in [0.25, 0.3) is 0 Å². The number of hydrogen-bond donors (Lipinski definition) is 2. The van der Waals surface area contributed by atoms with Crippen molar-refractivity contribution in [2.75, 3.05) is 19.7 Å². The van der Waals surface area contributed by atoms with Crippen LogP contribution in [0.5, 0.6) is 0 Å². The number of amides is 1. The molecule has 1 fully saturated rings. The third-order valence-electron chi connectivity index (χ3n) is 3.69. The smallest absolute Gasteiger partial charge is 0.234 e. The number of nitrogens with one attached hydrogen (secondary N) is 1. The molecule has 1 aliphatic rings. The molecule has 0 aliphatic carbocycles. The Morgan fingerprint density at radius 3 is 3.05 bits per heavy atom. The number of carbonyl (C=O) groups excluding carboxylic acids is 1.